The first-order valence-corrected chi connectivity index (χ1v) is 3.63. The molecule has 0 aliphatic carbocycles. The van der Waals surface area contributed by atoms with Gasteiger partial charge in [-0.2, -0.15) is 4.39 Å². The van der Waals surface area contributed by atoms with Gasteiger partial charge in [0.15, 0.2) is 0 Å². The summed E-state index contributed by atoms with van der Waals surface area (Å²) in [4.78, 5) is 17.6. The van der Waals surface area contributed by atoms with E-state index in [1.54, 1.807) is 6.92 Å². The third-order valence-electron chi connectivity index (χ3n) is 1.42. The Morgan fingerprint density at radius 2 is 2.38 bits per heavy atom. The number of hydrogen-bond donors (Lipinski definition) is 2. The Morgan fingerprint density at radius 3 is 2.92 bits per heavy atom. The molecule has 0 spiro atoms. The van der Waals surface area contributed by atoms with Crippen LogP contribution in [0, 0.1) is 5.95 Å². The molecule has 0 bridgehead atoms. The van der Waals surface area contributed by atoms with E-state index in [1.165, 1.54) is 0 Å². The van der Waals surface area contributed by atoms with Crippen LogP contribution in [-0.2, 0) is 4.79 Å². The molecule has 1 amide bonds. The summed E-state index contributed by atoms with van der Waals surface area (Å²) < 4.78 is 12.5. The summed E-state index contributed by atoms with van der Waals surface area (Å²) in [6, 6.07) is 0.494. The first-order chi connectivity index (χ1) is 6.09. The van der Waals surface area contributed by atoms with E-state index >= 15 is 0 Å². The van der Waals surface area contributed by atoms with E-state index in [1.807, 2.05) is 0 Å². The molecule has 0 aliphatic rings. The van der Waals surface area contributed by atoms with Gasteiger partial charge in [-0.3, -0.25) is 4.79 Å². The van der Waals surface area contributed by atoms with Crippen molar-refractivity contribution < 1.29 is 9.18 Å². The minimum Gasteiger partial charge on any atom is -0.368 e. The summed E-state index contributed by atoms with van der Waals surface area (Å²) in [6.45, 7) is 1.56. The van der Waals surface area contributed by atoms with Gasteiger partial charge in [-0.05, 0) is 6.92 Å². The fraction of sp³-hybridized carbons (Fsp3) is 0.286. The fourth-order valence-corrected chi connectivity index (χ4v) is 0.705. The quantitative estimate of drug-likeness (QED) is 0.643. The molecule has 1 rings (SSSR count). The van der Waals surface area contributed by atoms with Crippen molar-refractivity contribution in [2.45, 2.75) is 13.0 Å². The Balaban J connectivity index is 2.69. The minimum absolute atomic E-state index is 0.235. The highest BCUT2D eigenvalue weighted by Gasteiger charge is 2.08. The average Bonchev–Trinajstić information content (AvgIpc) is 2.04. The standard InChI is InChI=1S/C7H9FN4O/c1-4(7(9)13)12-6-2-5(8)10-3-11-6/h2-4H,1H3,(H2,9,13)(H,10,11,12). The first kappa shape index (κ1) is 9.37. The summed E-state index contributed by atoms with van der Waals surface area (Å²) in [5.74, 6) is -0.952. The van der Waals surface area contributed by atoms with Crippen LogP contribution in [0.15, 0.2) is 12.4 Å². The smallest absolute Gasteiger partial charge is 0.239 e. The maximum absolute atomic E-state index is 12.5. The molecule has 0 fully saturated rings. The number of carbonyl (C=O) groups is 1. The number of primary amides is 1. The largest absolute Gasteiger partial charge is 0.368 e. The molecule has 0 aliphatic heterocycles. The Labute approximate surface area is 74.2 Å². The van der Waals surface area contributed by atoms with Gasteiger partial charge in [0.2, 0.25) is 11.9 Å². The second kappa shape index (κ2) is 3.79. The van der Waals surface area contributed by atoms with E-state index in [4.69, 9.17) is 5.73 Å². The van der Waals surface area contributed by atoms with Gasteiger partial charge in [-0.15, -0.1) is 0 Å². The highest BCUT2D eigenvalue weighted by Crippen LogP contribution is 2.03. The average molecular weight is 184 g/mol. The Bertz CT molecular complexity index is 317. The maximum atomic E-state index is 12.5. The van der Waals surface area contributed by atoms with Crippen molar-refractivity contribution in [2.75, 3.05) is 5.32 Å². The van der Waals surface area contributed by atoms with Crippen molar-refractivity contribution in [3.05, 3.63) is 18.3 Å². The highest BCUT2D eigenvalue weighted by molar-refractivity contribution is 5.82. The molecule has 5 nitrogen and oxygen atoms in total. The molecule has 0 radical (unpaired) electrons. The predicted molar refractivity (Wildman–Crippen MR) is 44.3 cm³/mol. The first-order valence-electron chi connectivity index (χ1n) is 3.63. The van der Waals surface area contributed by atoms with E-state index in [9.17, 15) is 9.18 Å². The molecule has 1 aromatic heterocycles. The van der Waals surface area contributed by atoms with Crippen LogP contribution in [0.4, 0.5) is 10.2 Å². The zero-order valence-corrected chi connectivity index (χ0v) is 6.99. The molecule has 70 valence electrons. The zero-order chi connectivity index (χ0) is 9.84. The molecular weight excluding hydrogens is 175 g/mol. The molecule has 1 aromatic rings. The maximum Gasteiger partial charge on any atom is 0.239 e. The number of anilines is 1. The number of nitrogens with zero attached hydrogens (tertiary/aromatic N) is 2. The molecule has 0 saturated carbocycles. The van der Waals surface area contributed by atoms with Crippen molar-refractivity contribution in [1.82, 2.24) is 9.97 Å². The Hall–Kier alpha value is -1.72. The summed E-state index contributed by atoms with van der Waals surface area (Å²) in [6.07, 6.45) is 1.06. The van der Waals surface area contributed by atoms with Crippen LogP contribution in [0.2, 0.25) is 0 Å². The zero-order valence-electron chi connectivity index (χ0n) is 6.99. The van der Waals surface area contributed by atoms with Gasteiger partial charge < -0.3 is 11.1 Å². The van der Waals surface area contributed by atoms with Crippen LogP contribution in [0.1, 0.15) is 6.92 Å². The minimum atomic E-state index is -0.658. The fourth-order valence-electron chi connectivity index (χ4n) is 0.705. The van der Waals surface area contributed by atoms with Crippen molar-refractivity contribution in [3.8, 4) is 0 Å². The van der Waals surface area contributed by atoms with E-state index in [0.29, 0.717) is 0 Å². The summed E-state index contributed by atoms with van der Waals surface area (Å²) in [5.41, 5.74) is 4.98. The number of nitrogens with two attached hydrogens (primary N) is 1. The van der Waals surface area contributed by atoms with Crippen LogP contribution in [-0.4, -0.2) is 21.9 Å². The third kappa shape index (κ3) is 2.66. The van der Waals surface area contributed by atoms with Crippen LogP contribution >= 0.6 is 0 Å². The van der Waals surface area contributed by atoms with Crippen LogP contribution in [0.25, 0.3) is 0 Å². The number of aromatic nitrogens is 2. The molecular formula is C7H9FN4O. The van der Waals surface area contributed by atoms with Gasteiger partial charge in [-0.1, -0.05) is 0 Å². The lowest BCUT2D eigenvalue weighted by Gasteiger charge is -2.09. The second-order valence-electron chi connectivity index (χ2n) is 2.49. The van der Waals surface area contributed by atoms with E-state index < -0.39 is 17.9 Å². The van der Waals surface area contributed by atoms with Gasteiger partial charge in [0.25, 0.3) is 0 Å². The molecule has 1 heterocycles. The van der Waals surface area contributed by atoms with E-state index in [-0.39, 0.29) is 5.82 Å². The summed E-state index contributed by atoms with van der Waals surface area (Å²) >= 11 is 0. The lowest BCUT2D eigenvalue weighted by atomic mass is 10.3. The third-order valence-corrected chi connectivity index (χ3v) is 1.42. The normalized spacial score (nSPS) is 12.2. The number of halogens is 1. The predicted octanol–water partition coefficient (Wildman–Crippen LogP) is -0.0986. The van der Waals surface area contributed by atoms with Crippen molar-refractivity contribution in [1.29, 1.82) is 0 Å². The number of rotatable bonds is 3. The van der Waals surface area contributed by atoms with Gasteiger partial charge in [0, 0.05) is 6.07 Å². The van der Waals surface area contributed by atoms with Crippen molar-refractivity contribution >= 4 is 11.7 Å². The second-order valence-corrected chi connectivity index (χ2v) is 2.49. The molecule has 1 atom stereocenters. The van der Waals surface area contributed by atoms with E-state index in [0.717, 1.165) is 12.4 Å². The number of hydrogen-bond acceptors (Lipinski definition) is 4. The highest BCUT2D eigenvalue weighted by atomic mass is 19.1. The molecule has 0 aromatic carbocycles. The van der Waals surface area contributed by atoms with Gasteiger partial charge in [0.05, 0.1) is 0 Å². The summed E-state index contributed by atoms with van der Waals surface area (Å²) in [7, 11) is 0. The monoisotopic (exact) mass is 184 g/mol. The van der Waals surface area contributed by atoms with Crippen molar-refractivity contribution in [2.24, 2.45) is 5.73 Å². The number of amides is 1. The van der Waals surface area contributed by atoms with Crippen molar-refractivity contribution in [3.63, 3.8) is 0 Å². The van der Waals surface area contributed by atoms with Gasteiger partial charge in [0.1, 0.15) is 18.2 Å². The van der Waals surface area contributed by atoms with Gasteiger partial charge in [-0.25, -0.2) is 9.97 Å². The van der Waals surface area contributed by atoms with Crippen LogP contribution < -0.4 is 11.1 Å². The molecule has 3 N–H and O–H groups in total. The molecule has 13 heavy (non-hydrogen) atoms. The Morgan fingerprint density at radius 1 is 1.69 bits per heavy atom. The van der Waals surface area contributed by atoms with Crippen LogP contribution in [0.3, 0.4) is 0 Å². The lowest BCUT2D eigenvalue weighted by Crippen LogP contribution is -2.32. The Kier molecular flexibility index (Phi) is 2.73. The topological polar surface area (TPSA) is 80.9 Å². The summed E-state index contributed by atoms with van der Waals surface area (Å²) in [5, 5.41) is 2.62. The molecule has 0 saturated heterocycles. The SMILES string of the molecule is CC(Nc1cc(F)ncn1)C(N)=O. The lowest BCUT2D eigenvalue weighted by molar-refractivity contribution is -0.118. The number of carbonyl (C=O) groups excluding carboxylic acids is 1. The van der Waals surface area contributed by atoms with Crippen LogP contribution in [0.5, 0.6) is 0 Å². The molecule has 6 heteroatoms. The van der Waals surface area contributed by atoms with Gasteiger partial charge >= 0.3 is 0 Å². The van der Waals surface area contributed by atoms with E-state index in [2.05, 4.69) is 15.3 Å². The molecule has 1 unspecified atom stereocenters. The number of nitrogens with one attached hydrogen (secondary N) is 1.